The summed E-state index contributed by atoms with van der Waals surface area (Å²) in [6, 6.07) is 0. The van der Waals surface area contributed by atoms with E-state index in [9.17, 15) is 27.6 Å². The van der Waals surface area contributed by atoms with Gasteiger partial charge in [0.2, 0.25) is 5.91 Å². The molecule has 5 nitrogen and oxygen atoms in total. The summed E-state index contributed by atoms with van der Waals surface area (Å²) in [6.07, 6.45) is 1.09. The van der Waals surface area contributed by atoms with Gasteiger partial charge in [-0.15, -0.1) is 11.8 Å². The van der Waals surface area contributed by atoms with Crippen LogP contribution in [0.15, 0.2) is 9.79 Å². The first-order valence-electron chi connectivity index (χ1n) is 7.51. The van der Waals surface area contributed by atoms with Gasteiger partial charge in [-0.1, -0.05) is 0 Å². The van der Waals surface area contributed by atoms with Crippen molar-refractivity contribution in [3.8, 4) is 0 Å². The summed E-state index contributed by atoms with van der Waals surface area (Å²) < 4.78 is 59.0. The Morgan fingerprint density at radius 3 is 2.08 bits per heavy atom. The summed E-state index contributed by atoms with van der Waals surface area (Å²) in [5.74, 6) is -6.54. The second-order valence-corrected chi connectivity index (χ2v) is 8.05. The predicted octanol–water partition coefficient (Wildman–Crippen LogP) is 3.65. The van der Waals surface area contributed by atoms with Gasteiger partial charge < -0.3 is 10.6 Å². The van der Waals surface area contributed by atoms with Gasteiger partial charge >= 0.3 is 0 Å². The van der Waals surface area contributed by atoms with Crippen molar-refractivity contribution in [1.82, 2.24) is 5.32 Å². The van der Waals surface area contributed by atoms with E-state index in [0.29, 0.717) is 24.6 Å². The van der Waals surface area contributed by atoms with Crippen LogP contribution in [0, 0.1) is 23.3 Å². The van der Waals surface area contributed by atoms with Crippen molar-refractivity contribution in [2.75, 3.05) is 5.75 Å². The molecule has 1 aromatic rings. The lowest BCUT2D eigenvalue weighted by molar-refractivity contribution is -0.777. The summed E-state index contributed by atoms with van der Waals surface area (Å²) in [7, 11) is 0. The first kappa shape index (κ1) is 23.0. The third-order valence-electron chi connectivity index (χ3n) is 2.89. The van der Waals surface area contributed by atoms with E-state index in [2.05, 4.69) is 14.7 Å². The highest BCUT2D eigenvalue weighted by Crippen LogP contribution is 2.36. The Labute approximate surface area is 156 Å². The molecule has 0 atom stereocenters. The number of hydrogen-bond acceptors (Lipinski definition) is 6. The molecule has 0 spiro atoms. The van der Waals surface area contributed by atoms with Gasteiger partial charge in [-0.05, 0) is 39.4 Å². The maximum absolute atomic E-state index is 13.9. The third kappa shape index (κ3) is 6.95. The second-order valence-electron chi connectivity index (χ2n) is 6.24. The number of unbranched alkanes of at least 4 members (excludes halogenated alkanes) is 1. The molecule has 0 aromatic heterocycles. The van der Waals surface area contributed by atoms with Gasteiger partial charge in [-0.2, -0.15) is 4.33 Å². The summed E-state index contributed by atoms with van der Waals surface area (Å²) >= 11 is 0.326. The Hall–Kier alpha value is -1.01. The Morgan fingerprint density at radius 1 is 1.04 bits per heavy atom. The predicted molar refractivity (Wildman–Crippen MR) is 86.8 cm³/mol. The van der Waals surface area contributed by atoms with Crippen LogP contribution in [-0.4, -0.2) is 17.2 Å². The number of hydrogen-bond donors (Lipinski definition) is 1. The second kappa shape index (κ2) is 10.4. The Balaban J connectivity index is 2.62. The van der Waals surface area contributed by atoms with E-state index in [4.69, 9.17) is 0 Å². The molecule has 148 valence electrons. The summed E-state index contributed by atoms with van der Waals surface area (Å²) in [6.45, 7) is 5.52. The van der Waals surface area contributed by atoms with E-state index in [1.54, 1.807) is 0 Å². The SMILES string of the molecule is CC(C)(C)NC(=O)CCCCSc1c(F)c(F)c(SOO[O-])c(F)c1F. The summed E-state index contributed by atoms with van der Waals surface area (Å²) in [4.78, 5) is 9.66. The highest BCUT2D eigenvalue weighted by Gasteiger charge is 2.26. The number of thioether (sulfide) groups is 1. The molecule has 1 amide bonds. The molecular formula is C15H18F4NO4S2-. The molecule has 0 heterocycles. The number of amides is 1. The maximum Gasteiger partial charge on any atom is 0.220 e. The van der Waals surface area contributed by atoms with Crippen molar-refractivity contribution >= 4 is 29.7 Å². The Bertz CT molecular complexity index is 612. The largest absolute Gasteiger partial charge is 0.691 e. The first-order chi connectivity index (χ1) is 12.1. The van der Waals surface area contributed by atoms with Gasteiger partial charge in [0.05, 0.1) is 16.9 Å². The standard InChI is InChI=1S/C15H19F4NO4S2/c1-15(2,3)20-8(21)6-4-5-7-25-13-9(16)11(18)14(26-24-23-22)12(19)10(13)17/h22H,4-7H2,1-3H3,(H,20,21)/p-1. The zero-order valence-electron chi connectivity index (χ0n) is 14.3. The summed E-state index contributed by atoms with van der Waals surface area (Å²) in [5, 5.41) is 15.4. The average molecular weight is 416 g/mol. The number of benzene rings is 1. The molecule has 0 saturated carbocycles. The van der Waals surface area contributed by atoms with Crippen molar-refractivity contribution in [3.63, 3.8) is 0 Å². The van der Waals surface area contributed by atoms with Crippen LogP contribution < -0.4 is 10.6 Å². The van der Waals surface area contributed by atoms with Crippen LogP contribution in [0.1, 0.15) is 40.0 Å². The molecule has 1 aromatic carbocycles. The molecule has 0 aliphatic carbocycles. The number of rotatable bonds is 9. The highest BCUT2D eigenvalue weighted by molar-refractivity contribution is 7.99. The average Bonchev–Trinajstić information content (AvgIpc) is 2.54. The third-order valence-corrected chi connectivity index (χ3v) is 4.68. The normalized spacial score (nSPS) is 11.7. The topological polar surface area (TPSA) is 70.6 Å². The highest BCUT2D eigenvalue weighted by atomic mass is 32.2. The van der Waals surface area contributed by atoms with Gasteiger partial charge in [0.15, 0.2) is 23.3 Å². The zero-order valence-corrected chi connectivity index (χ0v) is 15.9. The van der Waals surface area contributed by atoms with Gasteiger partial charge in [-0.3, -0.25) is 9.83 Å². The van der Waals surface area contributed by atoms with Gasteiger partial charge in [0, 0.05) is 12.0 Å². The minimum atomic E-state index is -1.68. The van der Waals surface area contributed by atoms with Crippen LogP contribution in [-0.2, 0) is 14.2 Å². The molecule has 0 aliphatic heterocycles. The van der Waals surface area contributed by atoms with Crippen LogP contribution in [0.25, 0.3) is 0 Å². The number of nitrogens with one attached hydrogen (secondary N) is 1. The molecule has 0 aliphatic rings. The van der Waals surface area contributed by atoms with Crippen LogP contribution in [0.5, 0.6) is 0 Å². The molecule has 0 radical (unpaired) electrons. The smallest absolute Gasteiger partial charge is 0.220 e. The quantitative estimate of drug-likeness (QED) is 0.126. The van der Waals surface area contributed by atoms with Crippen LogP contribution >= 0.6 is 23.8 Å². The fourth-order valence-electron chi connectivity index (χ4n) is 1.88. The summed E-state index contributed by atoms with van der Waals surface area (Å²) in [5.41, 5.74) is -0.353. The van der Waals surface area contributed by atoms with Crippen molar-refractivity contribution in [2.45, 2.75) is 55.4 Å². The molecule has 0 fully saturated rings. The molecule has 26 heavy (non-hydrogen) atoms. The molecule has 0 bridgehead atoms. The molecule has 11 heteroatoms. The van der Waals surface area contributed by atoms with E-state index in [1.165, 1.54) is 0 Å². The van der Waals surface area contributed by atoms with E-state index >= 15 is 0 Å². The number of halogens is 4. The fraction of sp³-hybridized carbons (Fsp3) is 0.533. The first-order valence-corrected chi connectivity index (χ1v) is 9.24. The molecule has 1 rings (SSSR count). The number of carbonyl (C=O) groups excluding carboxylic acids is 1. The fourth-order valence-corrected chi connectivity index (χ4v) is 3.29. The van der Waals surface area contributed by atoms with Gasteiger partial charge in [-0.25, -0.2) is 17.6 Å². The van der Waals surface area contributed by atoms with Crippen molar-refractivity contribution in [3.05, 3.63) is 23.3 Å². The van der Waals surface area contributed by atoms with Gasteiger partial charge in [0.1, 0.15) is 4.90 Å². The molecule has 0 unspecified atom stereocenters. The maximum atomic E-state index is 13.9. The Morgan fingerprint density at radius 2 is 1.58 bits per heavy atom. The molecular weight excluding hydrogens is 398 g/mol. The molecule has 1 N–H and O–H groups in total. The lowest BCUT2D eigenvalue weighted by Crippen LogP contribution is -2.40. The van der Waals surface area contributed by atoms with Crippen molar-refractivity contribution < 1.29 is 37.0 Å². The van der Waals surface area contributed by atoms with E-state index in [1.807, 2.05) is 20.8 Å². The van der Waals surface area contributed by atoms with E-state index < -0.39 is 33.1 Å². The van der Waals surface area contributed by atoms with Crippen molar-refractivity contribution in [2.24, 2.45) is 0 Å². The number of carbonyl (C=O) groups is 1. The van der Waals surface area contributed by atoms with E-state index in [-0.39, 0.29) is 35.7 Å². The van der Waals surface area contributed by atoms with Gasteiger partial charge in [0.25, 0.3) is 0 Å². The Kier molecular flexibility index (Phi) is 9.17. The van der Waals surface area contributed by atoms with E-state index in [0.717, 1.165) is 0 Å². The van der Waals surface area contributed by atoms with Crippen LogP contribution in [0.3, 0.4) is 0 Å². The lowest BCUT2D eigenvalue weighted by atomic mass is 10.1. The lowest BCUT2D eigenvalue weighted by Gasteiger charge is -2.20. The van der Waals surface area contributed by atoms with Crippen LogP contribution in [0.4, 0.5) is 17.6 Å². The van der Waals surface area contributed by atoms with Crippen molar-refractivity contribution in [1.29, 1.82) is 0 Å². The minimum Gasteiger partial charge on any atom is -0.691 e. The molecule has 0 saturated heterocycles. The van der Waals surface area contributed by atoms with Crippen LogP contribution in [0.2, 0.25) is 0 Å². The zero-order chi connectivity index (χ0) is 19.9. The minimum absolute atomic E-state index is 0.154. The monoisotopic (exact) mass is 416 g/mol.